The van der Waals surface area contributed by atoms with Gasteiger partial charge in [0.25, 0.3) is 0 Å². The van der Waals surface area contributed by atoms with E-state index in [1.165, 1.54) is 13.0 Å². The molecule has 2 aromatic carbocycles. The normalized spacial score (nSPS) is 10.2. The molecule has 19 heavy (non-hydrogen) atoms. The van der Waals surface area contributed by atoms with Crippen molar-refractivity contribution in [1.82, 2.24) is 0 Å². The van der Waals surface area contributed by atoms with Gasteiger partial charge in [0.1, 0.15) is 0 Å². The summed E-state index contributed by atoms with van der Waals surface area (Å²) in [5, 5.41) is 10.9. The van der Waals surface area contributed by atoms with Crippen molar-refractivity contribution in [3.05, 3.63) is 58.6 Å². The zero-order chi connectivity index (χ0) is 14.0. The molecule has 0 radical (unpaired) electrons. The molecule has 0 heterocycles. The number of carboxylic acid groups (broad SMARTS) is 1. The second-order valence-corrected chi connectivity index (χ2v) is 4.52. The van der Waals surface area contributed by atoms with E-state index in [-0.39, 0.29) is 16.4 Å². The van der Waals surface area contributed by atoms with Crippen molar-refractivity contribution in [3.63, 3.8) is 0 Å². The smallest absolute Gasteiger partial charge is 0.159 e. The minimum atomic E-state index is -1.30. The largest absolute Gasteiger partial charge is 0.545 e. The zero-order valence-electron chi connectivity index (χ0n) is 10.1. The Kier molecular flexibility index (Phi) is 3.67. The average Bonchev–Trinajstić information content (AvgIpc) is 2.38. The molecular weight excluding hydrogens is 264 g/mol. The van der Waals surface area contributed by atoms with Gasteiger partial charge in [0.05, 0.1) is 11.0 Å². The maximum Gasteiger partial charge on any atom is 0.159 e. The quantitative estimate of drug-likeness (QED) is 0.808. The van der Waals surface area contributed by atoms with E-state index in [0.29, 0.717) is 5.56 Å². The van der Waals surface area contributed by atoms with E-state index in [1.807, 2.05) is 0 Å². The molecule has 4 heteroatoms. The van der Waals surface area contributed by atoms with Crippen molar-refractivity contribution < 1.29 is 14.7 Å². The van der Waals surface area contributed by atoms with Crippen LogP contribution in [0.4, 0.5) is 0 Å². The van der Waals surface area contributed by atoms with Gasteiger partial charge in [0.2, 0.25) is 0 Å². The van der Waals surface area contributed by atoms with Gasteiger partial charge < -0.3 is 9.90 Å². The second-order valence-electron chi connectivity index (χ2n) is 4.12. The molecule has 0 atom stereocenters. The van der Waals surface area contributed by atoms with Crippen LogP contribution < -0.4 is 5.11 Å². The van der Waals surface area contributed by atoms with Gasteiger partial charge >= 0.3 is 0 Å². The molecule has 0 aliphatic heterocycles. The lowest BCUT2D eigenvalue weighted by Gasteiger charge is -2.08. The van der Waals surface area contributed by atoms with E-state index in [2.05, 4.69) is 0 Å². The number of rotatable bonds is 3. The van der Waals surface area contributed by atoms with Gasteiger partial charge in [-0.25, -0.2) is 0 Å². The number of hydrogen-bond donors (Lipinski definition) is 0. The summed E-state index contributed by atoms with van der Waals surface area (Å²) in [6.07, 6.45) is 0. The second kappa shape index (κ2) is 5.24. The van der Waals surface area contributed by atoms with E-state index >= 15 is 0 Å². The molecular formula is C15H10ClO3-. The molecule has 0 bridgehead atoms. The van der Waals surface area contributed by atoms with E-state index in [1.54, 1.807) is 36.4 Å². The molecule has 0 saturated heterocycles. The Morgan fingerprint density at radius 3 is 2.05 bits per heavy atom. The first-order valence-electron chi connectivity index (χ1n) is 5.61. The molecule has 0 unspecified atom stereocenters. The minimum Gasteiger partial charge on any atom is -0.545 e. The number of carbonyl (C=O) groups excluding carboxylic acids is 2. The summed E-state index contributed by atoms with van der Waals surface area (Å²) in [5.74, 6) is -1.31. The molecule has 0 amide bonds. The fourth-order valence-corrected chi connectivity index (χ4v) is 2.02. The lowest BCUT2D eigenvalue weighted by Crippen LogP contribution is -2.22. The molecule has 0 spiro atoms. The Labute approximate surface area is 115 Å². The highest BCUT2D eigenvalue weighted by Crippen LogP contribution is 2.25. The van der Waals surface area contributed by atoms with Crippen molar-refractivity contribution in [1.29, 1.82) is 0 Å². The number of ketones is 1. The SMILES string of the molecule is CC(=O)c1ccc(-c2ccc(C(=O)[O-])c(Cl)c2)cc1. The summed E-state index contributed by atoms with van der Waals surface area (Å²) in [5.41, 5.74) is 2.23. The standard InChI is InChI=1S/C15H11ClO3/c1-9(17)10-2-4-11(5-3-10)12-6-7-13(15(18)19)14(16)8-12/h2-8H,1H3,(H,18,19)/p-1. The van der Waals surface area contributed by atoms with Crippen molar-refractivity contribution in [2.24, 2.45) is 0 Å². The van der Waals surface area contributed by atoms with Gasteiger partial charge in [-0.05, 0) is 24.1 Å². The maximum absolute atomic E-state index is 11.2. The predicted molar refractivity (Wildman–Crippen MR) is 71.2 cm³/mol. The molecule has 96 valence electrons. The maximum atomic E-state index is 11.2. The Balaban J connectivity index is 2.39. The van der Waals surface area contributed by atoms with E-state index < -0.39 is 5.97 Å². The first kappa shape index (κ1) is 13.3. The molecule has 2 aromatic rings. The highest BCUT2D eigenvalue weighted by atomic mass is 35.5. The van der Waals surface area contributed by atoms with Crippen LogP contribution in [-0.2, 0) is 0 Å². The molecule has 3 nitrogen and oxygen atoms in total. The molecule has 0 aliphatic carbocycles. The lowest BCUT2D eigenvalue weighted by atomic mass is 10.0. The van der Waals surface area contributed by atoms with Crippen LogP contribution >= 0.6 is 11.6 Å². The van der Waals surface area contributed by atoms with Crippen LogP contribution in [0.1, 0.15) is 27.6 Å². The van der Waals surface area contributed by atoms with Crippen LogP contribution in [0.15, 0.2) is 42.5 Å². The van der Waals surface area contributed by atoms with Crippen molar-refractivity contribution in [2.75, 3.05) is 0 Å². The first-order valence-corrected chi connectivity index (χ1v) is 5.99. The number of aromatic carboxylic acids is 1. The molecule has 0 N–H and O–H groups in total. The number of carbonyl (C=O) groups is 2. The predicted octanol–water partition coefficient (Wildman–Crippen LogP) is 2.57. The molecule has 0 fully saturated rings. The number of halogens is 1. The Hall–Kier alpha value is -2.13. The summed E-state index contributed by atoms with van der Waals surface area (Å²) in [7, 11) is 0. The number of carboxylic acids is 1. The van der Waals surface area contributed by atoms with Crippen molar-refractivity contribution in [2.45, 2.75) is 6.92 Å². The van der Waals surface area contributed by atoms with Crippen LogP contribution in [0.2, 0.25) is 5.02 Å². The highest BCUT2D eigenvalue weighted by molar-refractivity contribution is 6.33. The van der Waals surface area contributed by atoms with Gasteiger partial charge in [-0.15, -0.1) is 0 Å². The molecule has 2 rings (SSSR count). The summed E-state index contributed by atoms with van der Waals surface area (Å²) < 4.78 is 0. The van der Waals surface area contributed by atoms with Crippen LogP contribution in [0, 0.1) is 0 Å². The zero-order valence-corrected chi connectivity index (χ0v) is 10.9. The Bertz CT molecular complexity index is 645. The van der Waals surface area contributed by atoms with Gasteiger partial charge in [-0.1, -0.05) is 48.0 Å². The van der Waals surface area contributed by atoms with E-state index in [9.17, 15) is 14.7 Å². The van der Waals surface area contributed by atoms with Gasteiger partial charge in [0.15, 0.2) is 5.78 Å². The van der Waals surface area contributed by atoms with E-state index in [0.717, 1.165) is 11.1 Å². The van der Waals surface area contributed by atoms with Crippen LogP contribution in [0.3, 0.4) is 0 Å². The van der Waals surface area contributed by atoms with Gasteiger partial charge in [-0.3, -0.25) is 4.79 Å². The van der Waals surface area contributed by atoms with Crippen LogP contribution in [0.5, 0.6) is 0 Å². The number of benzene rings is 2. The average molecular weight is 274 g/mol. The summed E-state index contributed by atoms with van der Waals surface area (Å²) >= 11 is 5.88. The van der Waals surface area contributed by atoms with E-state index in [4.69, 9.17) is 11.6 Å². The van der Waals surface area contributed by atoms with Crippen LogP contribution in [0.25, 0.3) is 11.1 Å². The highest BCUT2D eigenvalue weighted by Gasteiger charge is 2.05. The molecule has 0 saturated carbocycles. The Morgan fingerprint density at radius 2 is 1.58 bits per heavy atom. The topological polar surface area (TPSA) is 57.2 Å². The third-order valence-electron chi connectivity index (χ3n) is 2.81. The van der Waals surface area contributed by atoms with Crippen molar-refractivity contribution >= 4 is 23.4 Å². The summed E-state index contributed by atoms with van der Waals surface area (Å²) in [6.45, 7) is 1.50. The fourth-order valence-electron chi connectivity index (χ4n) is 1.76. The summed E-state index contributed by atoms with van der Waals surface area (Å²) in [4.78, 5) is 21.9. The third-order valence-corrected chi connectivity index (χ3v) is 3.13. The number of Topliss-reactive ketones (excluding diaryl/α,β-unsaturated/α-hetero) is 1. The monoisotopic (exact) mass is 273 g/mol. The summed E-state index contributed by atoms with van der Waals surface area (Å²) in [6, 6.07) is 11.7. The van der Waals surface area contributed by atoms with Crippen LogP contribution in [-0.4, -0.2) is 11.8 Å². The minimum absolute atomic E-state index is 0.00289. The molecule has 0 aliphatic rings. The lowest BCUT2D eigenvalue weighted by molar-refractivity contribution is -0.255. The number of hydrogen-bond acceptors (Lipinski definition) is 3. The van der Waals surface area contributed by atoms with Gasteiger partial charge in [0, 0.05) is 11.1 Å². The fraction of sp³-hybridized carbons (Fsp3) is 0.0667. The first-order chi connectivity index (χ1) is 8.99. The Morgan fingerprint density at radius 1 is 1.00 bits per heavy atom. The van der Waals surface area contributed by atoms with Gasteiger partial charge in [-0.2, -0.15) is 0 Å². The van der Waals surface area contributed by atoms with Crippen molar-refractivity contribution in [3.8, 4) is 11.1 Å². The third kappa shape index (κ3) is 2.83. The molecule has 0 aromatic heterocycles.